The molecule has 17 heavy (non-hydrogen) atoms. The highest BCUT2D eigenvalue weighted by molar-refractivity contribution is 7.89. The Kier molecular flexibility index (Phi) is 3.76. The van der Waals surface area contributed by atoms with Gasteiger partial charge in [-0.15, -0.1) is 0 Å². The molecule has 0 spiro atoms. The minimum atomic E-state index is -3.24. The van der Waals surface area contributed by atoms with Crippen molar-refractivity contribution < 1.29 is 13.5 Å². The number of aryl methyl sites for hydroxylation is 1. The number of aliphatic hydroxyl groups excluding tert-OH is 1. The quantitative estimate of drug-likeness (QED) is 0.781. The Hall–Kier alpha value is -0.980. The van der Waals surface area contributed by atoms with Crippen LogP contribution in [0.4, 0.5) is 0 Å². The van der Waals surface area contributed by atoms with E-state index in [9.17, 15) is 8.42 Å². The number of nitrogens with one attached hydrogen (secondary N) is 1. The number of rotatable bonds is 5. The average molecular weight is 256 g/mol. The Bertz CT molecular complexity index is 455. The fourth-order valence-corrected chi connectivity index (χ4v) is 3.12. The molecule has 0 aromatic carbocycles. The van der Waals surface area contributed by atoms with Crippen LogP contribution in [-0.4, -0.2) is 36.4 Å². The van der Waals surface area contributed by atoms with Crippen molar-refractivity contribution >= 4 is 10.0 Å². The Labute approximate surface area is 101 Å². The van der Waals surface area contributed by atoms with E-state index in [-0.39, 0.29) is 17.9 Å². The zero-order valence-electron chi connectivity index (χ0n) is 9.41. The van der Waals surface area contributed by atoms with Gasteiger partial charge in [0.25, 0.3) is 0 Å². The number of aliphatic hydroxyl groups is 1. The molecule has 1 heterocycles. The molecule has 1 fully saturated rings. The van der Waals surface area contributed by atoms with Gasteiger partial charge in [-0.25, -0.2) is 13.1 Å². The van der Waals surface area contributed by atoms with Gasteiger partial charge in [-0.05, 0) is 37.0 Å². The highest BCUT2D eigenvalue weighted by Crippen LogP contribution is 2.20. The normalized spacial score (nSPS) is 24.3. The summed E-state index contributed by atoms with van der Waals surface area (Å²) >= 11 is 0. The largest absolute Gasteiger partial charge is 0.393 e. The molecular weight excluding hydrogens is 240 g/mol. The van der Waals surface area contributed by atoms with E-state index in [0.29, 0.717) is 19.3 Å². The monoisotopic (exact) mass is 256 g/mol. The first-order chi connectivity index (χ1) is 8.05. The van der Waals surface area contributed by atoms with Gasteiger partial charge in [0.2, 0.25) is 10.0 Å². The summed E-state index contributed by atoms with van der Waals surface area (Å²) in [7, 11) is -3.24. The van der Waals surface area contributed by atoms with E-state index in [1.807, 2.05) is 12.1 Å². The molecule has 0 bridgehead atoms. The van der Waals surface area contributed by atoms with Gasteiger partial charge in [0, 0.05) is 18.4 Å². The third-order valence-corrected chi connectivity index (χ3v) is 4.30. The van der Waals surface area contributed by atoms with Crippen molar-refractivity contribution in [3.05, 3.63) is 30.1 Å². The van der Waals surface area contributed by atoms with E-state index in [2.05, 4.69) is 9.71 Å². The van der Waals surface area contributed by atoms with Crippen molar-refractivity contribution in [1.82, 2.24) is 9.71 Å². The van der Waals surface area contributed by atoms with Crippen LogP contribution < -0.4 is 4.72 Å². The predicted octanol–water partition coefficient (Wildman–Crippen LogP) is 0.0668. The molecule has 1 saturated carbocycles. The van der Waals surface area contributed by atoms with Crippen LogP contribution in [0.25, 0.3) is 0 Å². The molecule has 0 saturated heterocycles. The summed E-state index contributed by atoms with van der Waals surface area (Å²) < 4.78 is 26.0. The number of nitrogens with zero attached hydrogens (tertiary/aromatic N) is 1. The van der Waals surface area contributed by atoms with Crippen LogP contribution >= 0.6 is 0 Å². The van der Waals surface area contributed by atoms with Gasteiger partial charge < -0.3 is 5.11 Å². The van der Waals surface area contributed by atoms with E-state index in [1.54, 1.807) is 12.4 Å². The zero-order valence-corrected chi connectivity index (χ0v) is 10.2. The summed E-state index contributed by atoms with van der Waals surface area (Å²) in [5.41, 5.74) is 0.957. The van der Waals surface area contributed by atoms with Gasteiger partial charge in [-0.2, -0.15) is 0 Å². The maximum atomic E-state index is 11.7. The summed E-state index contributed by atoms with van der Waals surface area (Å²) in [4.78, 5) is 3.88. The lowest BCUT2D eigenvalue weighted by Gasteiger charge is -2.31. The molecule has 1 aliphatic rings. The molecule has 5 nitrogen and oxygen atoms in total. The molecule has 0 amide bonds. The second kappa shape index (κ2) is 5.12. The van der Waals surface area contributed by atoms with Crippen LogP contribution in [0.2, 0.25) is 0 Å². The Morgan fingerprint density at radius 1 is 1.35 bits per heavy atom. The van der Waals surface area contributed by atoms with E-state index < -0.39 is 10.0 Å². The van der Waals surface area contributed by atoms with Crippen LogP contribution in [-0.2, 0) is 16.4 Å². The number of hydrogen-bond donors (Lipinski definition) is 2. The lowest BCUT2D eigenvalue weighted by molar-refractivity contribution is 0.0712. The number of aromatic nitrogens is 1. The van der Waals surface area contributed by atoms with Gasteiger partial charge in [0.1, 0.15) is 0 Å². The molecular formula is C11H16N2O3S. The van der Waals surface area contributed by atoms with Gasteiger partial charge in [0.15, 0.2) is 0 Å². The first-order valence-electron chi connectivity index (χ1n) is 5.62. The van der Waals surface area contributed by atoms with E-state index >= 15 is 0 Å². The molecule has 6 heteroatoms. The average Bonchev–Trinajstić information content (AvgIpc) is 2.26. The predicted molar refractivity (Wildman–Crippen MR) is 63.9 cm³/mol. The van der Waals surface area contributed by atoms with Crippen LogP contribution in [0.3, 0.4) is 0 Å². The van der Waals surface area contributed by atoms with Crippen molar-refractivity contribution in [3.63, 3.8) is 0 Å². The Morgan fingerprint density at radius 2 is 2.00 bits per heavy atom. The SMILES string of the molecule is O=S(=O)(CCc1ccncc1)NC1CC(O)C1. The molecule has 1 aromatic rings. The fourth-order valence-electron chi connectivity index (χ4n) is 1.80. The van der Waals surface area contributed by atoms with Gasteiger partial charge in [0.05, 0.1) is 11.9 Å². The highest BCUT2D eigenvalue weighted by atomic mass is 32.2. The molecule has 2 N–H and O–H groups in total. The smallest absolute Gasteiger partial charge is 0.212 e. The summed E-state index contributed by atoms with van der Waals surface area (Å²) in [5.74, 6) is 0.0730. The van der Waals surface area contributed by atoms with Crippen LogP contribution in [0, 0.1) is 0 Å². The van der Waals surface area contributed by atoms with Crippen LogP contribution in [0.1, 0.15) is 18.4 Å². The molecule has 1 aliphatic carbocycles. The standard InChI is InChI=1S/C11H16N2O3S/c14-11-7-10(8-11)13-17(15,16)6-3-9-1-4-12-5-2-9/h1-2,4-5,10-11,13-14H,3,6-8H2. The lowest BCUT2D eigenvalue weighted by atomic mass is 9.91. The van der Waals surface area contributed by atoms with Gasteiger partial charge in [-0.3, -0.25) is 4.98 Å². The molecule has 1 aromatic heterocycles. The van der Waals surface area contributed by atoms with Crippen molar-refractivity contribution in [1.29, 1.82) is 0 Å². The van der Waals surface area contributed by atoms with Crippen molar-refractivity contribution in [2.45, 2.75) is 31.4 Å². The number of hydrogen-bond acceptors (Lipinski definition) is 4. The molecule has 0 radical (unpaired) electrons. The van der Waals surface area contributed by atoms with Crippen molar-refractivity contribution in [2.24, 2.45) is 0 Å². The molecule has 0 aliphatic heterocycles. The maximum Gasteiger partial charge on any atom is 0.212 e. The molecule has 0 unspecified atom stereocenters. The summed E-state index contributed by atoms with van der Waals surface area (Å²) in [6.45, 7) is 0. The maximum absolute atomic E-state index is 11.7. The fraction of sp³-hybridized carbons (Fsp3) is 0.545. The second-order valence-electron chi connectivity index (χ2n) is 4.36. The first kappa shape index (κ1) is 12.5. The molecule has 2 rings (SSSR count). The summed E-state index contributed by atoms with van der Waals surface area (Å²) in [6.07, 6.45) is 4.48. The topological polar surface area (TPSA) is 79.3 Å². The third-order valence-electron chi connectivity index (χ3n) is 2.87. The van der Waals surface area contributed by atoms with Crippen LogP contribution in [0.5, 0.6) is 0 Å². The van der Waals surface area contributed by atoms with Crippen molar-refractivity contribution in [3.8, 4) is 0 Å². The minimum absolute atomic E-state index is 0.0730. The lowest BCUT2D eigenvalue weighted by Crippen LogP contribution is -2.47. The second-order valence-corrected chi connectivity index (χ2v) is 6.24. The highest BCUT2D eigenvalue weighted by Gasteiger charge is 2.30. The number of pyridine rings is 1. The minimum Gasteiger partial charge on any atom is -0.393 e. The van der Waals surface area contributed by atoms with E-state index in [4.69, 9.17) is 5.11 Å². The van der Waals surface area contributed by atoms with Crippen LogP contribution in [0.15, 0.2) is 24.5 Å². The van der Waals surface area contributed by atoms with E-state index in [1.165, 1.54) is 0 Å². The molecule has 0 atom stereocenters. The van der Waals surface area contributed by atoms with Gasteiger partial charge >= 0.3 is 0 Å². The summed E-state index contributed by atoms with van der Waals surface area (Å²) in [5, 5.41) is 9.08. The van der Waals surface area contributed by atoms with E-state index in [0.717, 1.165) is 5.56 Å². The molecule has 94 valence electrons. The zero-order chi connectivity index (χ0) is 12.3. The van der Waals surface area contributed by atoms with Crippen molar-refractivity contribution in [2.75, 3.05) is 5.75 Å². The summed E-state index contributed by atoms with van der Waals surface area (Å²) in [6, 6.07) is 3.53. The van der Waals surface area contributed by atoms with Gasteiger partial charge in [-0.1, -0.05) is 0 Å². The Balaban J connectivity index is 1.81. The number of sulfonamides is 1. The third kappa shape index (κ3) is 3.76. The first-order valence-corrected chi connectivity index (χ1v) is 7.27. The Morgan fingerprint density at radius 3 is 2.59 bits per heavy atom.